The molecule has 0 atom stereocenters. The molecular formula is C21H14Cl2O5. The van der Waals surface area contributed by atoms with Crippen molar-refractivity contribution < 1.29 is 19.4 Å². The Labute approximate surface area is 169 Å². The molecule has 142 valence electrons. The summed E-state index contributed by atoms with van der Waals surface area (Å²) in [5.41, 5.74) is 0.984. The van der Waals surface area contributed by atoms with Gasteiger partial charge in [-0.1, -0.05) is 48.0 Å². The van der Waals surface area contributed by atoms with E-state index in [-0.39, 0.29) is 32.7 Å². The Balaban J connectivity index is 2.60. The number of benzene rings is 2. The summed E-state index contributed by atoms with van der Waals surface area (Å²) in [4.78, 5) is 23.8. The molecular weight excluding hydrogens is 403 g/mol. The van der Waals surface area contributed by atoms with E-state index in [4.69, 9.17) is 27.6 Å². The number of aliphatic carboxylic acids is 1. The van der Waals surface area contributed by atoms with E-state index in [1.54, 1.807) is 6.92 Å². The molecule has 0 radical (unpaired) electrons. The molecule has 0 aromatic heterocycles. The third-order valence-corrected chi connectivity index (χ3v) is 4.80. The Morgan fingerprint density at radius 2 is 1.89 bits per heavy atom. The molecule has 0 saturated heterocycles. The number of phenolic OH excluding ortho intramolecular Hbond substituents is 1. The number of hydrogen-bond acceptors (Lipinski definition) is 4. The molecule has 1 aromatic carbocycles. The Bertz CT molecular complexity index is 1220. The second kappa shape index (κ2) is 7.54. The maximum absolute atomic E-state index is 12.0. The van der Waals surface area contributed by atoms with Gasteiger partial charge in [0.2, 0.25) is 5.43 Å². The van der Waals surface area contributed by atoms with Gasteiger partial charge in [-0.05, 0) is 24.6 Å². The number of carbonyl (C=O) groups is 1. The van der Waals surface area contributed by atoms with Crippen molar-refractivity contribution in [3.8, 4) is 17.1 Å². The lowest BCUT2D eigenvalue weighted by Crippen LogP contribution is -2.07. The van der Waals surface area contributed by atoms with Gasteiger partial charge < -0.3 is 14.6 Å². The van der Waals surface area contributed by atoms with E-state index in [1.807, 2.05) is 0 Å². The molecule has 2 N–H and O–H groups in total. The van der Waals surface area contributed by atoms with E-state index in [1.165, 1.54) is 42.5 Å². The van der Waals surface area contributed by atoms with E-state index in [0.29, 0.717) is 22.1 Å². The lowest BCUT2D eigenvalue weighted by atomic mass is 9.89. The van der Waals surface area contributed by atoms with Crippen molar-refractivity contribution in [1.82, 2.24) is 0 Å². The number of hydrogen-bond donors (Lipinski definition) is 2. The second-order valence-corrected chi connectivity index (χ2v) is 6.69. The van der Waals surface area contributed by atoms with Gasteiger partial charge in [0.25, 0.3) is 0 Å². The molecule has 0 unspecified atom stereocenters. The monoisotopic (exact) mass is 416 g/mol. The van der Waals surface area contributed by atoms with Crippen molar-refractivity contribution in [2.24, 2.45) is 0 Å². The van der Waals surface area contributed by atoms with E-state index >= 15 is 0 Å². The standard InChI is InChI=1S/C21H14Cl2O5/c1-3-5-11(10(4-2)21(26)27)20-12-6-14(22)16(24)8-18(12)28-19-9-17(25)15(23)7-13(19)20/h3-9,24H,1H2,2H3,(H,26,27)/b10-4+,11-5+. The summed E-state index contributed by atoms with van der Waals surface area (Å²) in [6, 6.07) is 5.41. The number of carboxylic acid groups (broad SMARTS) is 1. The van der Waals surface area contributed by atoms with Crippen molar-refractivity contribution in [3.05, 3.63) is 80.5 Å². The summed E-state index contributed by atoms with van der Waals surface area (Å²) < 4.78 is 5.76. The Morgan fingerprint density at radius 1 is 1.18 bits per heavy atom. The van der Waals surface area contributed by atoms with Gasteiger partial charge in [-0.25, -0.2) is 4.79 Å². The van der Waals surface area contributed by atoms with Gasteiger partial charge in [-0.3, -0.25) is 4.79 Å². The van der Waals surface area contributed by atoms with Crippen molar-refractivity contribution in [2.75, 3.05) is 0 Å². The van der Waals surface area contributed by atoms with Gasteiger partial charge in [0, 0.05) is 28.6 Å². The Hall–Kier alpha value is -3.02. The fourth-order valence-electron chi connectivity index (χ4n) is 3.01. The number of fused-ring (bicyclic) bond motifs is 2. The zero-order valence-electron chi connectivity index (χ0n) is 14.6. The largest absolute Gasteiger partial charge is 0.506 e. The molecule has 2 aliphatic rings. The maximum Gasteiger partial charge on any atom is 0.335 e. The van der Waals surface area contributed by atoms with Gasteiger partial charge in [0.1, 0.15) is 17.1 Å². The molecule has 7 heteroatoms. The average molecular weight is 417 g/mol. The predicted molar refractivity (Wildman–Crippen MR) is 110 cm³/mol. The highest BCUT2D eigenvalue weighted by Crippen LogP contribution is 2.43. The minimum atomic E-state index is -1.14. The molecule has 0 amide bonds. The van der Waals surface area contributed by atoms with Crippen molar-refractivity contribution in [1.29, 1.82) is 0 Å². The van der Waals surface area contributed by atoms with E-state index in [0.717, 1.165) is 0 Å². The van der Waals surface area contributed by atoms with Crippen LogP contribution in [0.3, 0.4) is 0 Å². The van der Waals surface area contributed by atoms with Crippen LogP contribution in [-0.2, 0) is 4.79 Å². The molecule has 0 saturated carbocycles. The number of carboxylic acids is 1. The lowest BCUT2D eigenvalue weighted by molar-refractivity contribution is -0.132. The first-order valence-corrected chi connectivity index (χ1v) is 8.85. The van der Waals surface area contributed by atoms with Crippen LogP contribution in [0.1, 0.15) is 12.5 Å². The molecule has 1 aliphatic carbocycles. The summed E-state index contributed by atoms with van der Waals surface area (Å²) in [7, 11) is 0. The van der Waals surface area contributed by atoms with E-state index < -0.39 is 11.4 Å². The molecule has 1 aliphatic heterocycles. The van der Waals surface area contributed by atoms with E-state index in [9.17, 15) is 19.8 Å². The van der Waals surface area contributed by atoms with E-state index in [2.05, 4.69) is 6.58 Å². The van der Waals surface area contributed by atoms with Gasteiger partial charge in [0.15, 0.2) is 0 Å². The fourth-order valence-corrected chi connectivity index (χ4v) is 3.34. The van der Waals surface area contributed by atoms with Gasteiger partial charge in [-0.15, -0.1) is 0 Å². The zero-order chi connectivity index (χ0) is 20.6. The predicted octanol–water partition coefficient (Wildman–Crippen LogP) is 5.51. The summed E-state index contributed by atoms with van der Waals surface area (Å²) in [6.45, 7) is 5.26. The first-order chi connectivity index (χ1) is 13.3. The van der Waals surface area contributed by atoms with Crippen molar-refractivity contribution >= 4 is 45.7 Å². The molecule has 28 heavy (non-hydrogen) atoms. The quantitative estimate of drug-likeness (QED) is 0.332. The summed E-state index contributed by atoms with van der Waals surface area (Å²) in [6.07, 6.45) is 4.44. The second-order valence-electron chi connectivity index (χ2n) is 5.88. The number of halogens is 2. The average Bonchev–Trinajstić information content (AvgIpc) is 2.62. The Kier molecular flexibility index (Phi) is 5.31. The normalized spacial score (nSPS) is 12.5. The third kappa shape index (κ3) is 3.30. The van der Waals surface area contributed by atoms with Crippen molar-refractivity contribution in [2.45, 2.75) is 6.92 Å². The zero-order valence-corrected chi connectivity index (χ0v) is 16.1. The third-order valence-electron chi connectivity index (χ3n) is 4.20. The lowest BCUT2D eigenvalue weighted by Gasteiger charge is -2.18. The van der Waals surface area contributed by atoms with Crippen LogP contribution in [0.4, 0.5) is 0 Å². The van der Waals surface area contributed by atoms with Crippen LogP contribution in [0.5, 0.6) is 5.75 Å². The smallest absolute Gasteiger partial charge is 0.335 e. The minimum absolute atomic E-state index is 0.0141. The van der Waals surface area contributed by atoms with Crippen LogP contribution < -0.4 is 5.43 Å². The van der Waals surface area contributed by atoms with Crippen LogP contribution in [0.2, 0.25) is 10.0 Å². The molecule has 3 rings (SSSR count). The molecule has 0 fully saturated rings. The van der Waals surface area contributed by atoms with Gasteiger partial charge in [-0.2, -0.15) is 0 Å². The van der Waals surface area contributed by atoms with Crippen molar-refractivity contribution in [3.63, 3.8) is 0 Å². The maximum atomic E-state index is 12.0. The first-order valence-electron chi connectivity index (χ1n) is 8.10. The number of rotatable bonds is 4. The first kappa shape index (κ1) is 19.7. The highest BCUT2D eigenvalue weighted by Gasteiger charge is 2.24. The SMILES string of the molecule is C=C/C=C(\C(=C/C)C(=O)O)c1c2cc(Cl)c(=O)cc-2oc2cc(O)c(Cl)cc12. The van der Waals surface area contributed by atoms with Gasteiger partial charge >= 0.3 is 5.97 Å². The highest BCUT2D eigenvalue weighted by molar-refractivity contribution is 6.33. The number of phenols is 1. The topological polar surface area (TPSA) is 87.7 Å². The van der Waals surface area contributed by atoms with Crippen LogP contribution in [0.15, 0.2) is 63.9 Å². The minimum Gasteiger partial charge on any atom is -0.506 e. The summed E-state index contributed by atoms with van der Waals surface area (Å²) in [5.74, 6) is -1.16. The molecule has 1 heterocycles. The van der Waals surface area contributed by atoms with Crippen LogP contribution in [0.25, 0.3) is 27.9 Å². The molecule has 1 aromatic rings. The van der Waals surface area contributed by atoms with Gasteiger partial charge in [0.05, 0.1) is 15.6 Å². The van der Waals surface area contributed by atoms with Crippen LogP contribution in [0, 0.1) is 0 Å². The summed E-state index contributed by atoms with van der Waals surface area (Å²) in [5, 5.41) is 20.1. The molecule has 0 spiro atoms. The number of aromatic hydroxyl groups is 1. The number of allylic oxidation sites excluding steroid dienone is 3. The highest BCUT2D eigenvalue weighted by atomic mass is 35.5. The van der Waals surface area contributed by atoms with Crippen LogP contribution >= 0.6 is 23.2 Å². The molecule has 5 nitrogen and oxygen atoms in total. The summed E-state index contributed by atoms with van der Waals surface area (Å²) >= 11 is 12.1. The Morgan fingerprint density at radius 3 is 2.50 bits per heavy atom. The van der Waals surface area contributed by atoms with Crippen LogP contribution in [-0.4, -0.2) is 16.2 Å². The molecule has 0 bridgehead atoms. The fraction of sp³-hybridized carbons (Fsp3) is 0.0476.